The van der Waals surface area contributed by atoms with E-state index in [0.717, 1.165) is 18.6 Å². The summed E-state index contributed by atoms with van der Waals surface area (Å²) >= 11 is 0. The Morgan fingerprint density at radius 3 is 3.05 bits per heavy atom. The molecular weight excluding hydrogens is 242 g/mol. The molecule has 0 radical (unpaired) electrons. The van der Waals surface area contributed by atoms with Crippen molar-refractivity contribution in [2.45, 2.75) is 38.3 Å². The van der Waals surface area contributed by atoms with Gasteiger partial charge in [-0.2, -0.15) is 4.98 Å². The van der Waals surface area contributed by atoms with Crippen LogP contribution in [-0.4, -0.2) is 16.2 Å². The van der Waals surface area contributed by atoms with Crippen LogP contribution >= 0.6 is 0 Å². The number of nitrogens with zero attached hydrogens (tertiary/aromatic N) is 2. The third-order valence-electron chi connectivity index (χ3n) is 3.38. The zero-order valence-corrected chi connectivity index (χ0v) is 10.9. The van der Waals surface area contributed by atoms with Crippen molar-refractivity contribution in [3.8, 4) is 5.75 Å². The average molecular weight is 259 g/mol. The maximum Gasteiger partial charge on any atom is 0.268 e. The Kier molecular flexibility index (Phi) is 3.21. The molecule has 1 aliphatic rings. The van der Waals surface area contributed by atoms with Gasteiger partial charge in [-0.25, -0.2) is 0 Å². The molecule has 0 spiro atoms. The minimum Gasteiger partial charge on any atom is -0.480 e. The van der Waals surface area contributed by atoms with E-state index < -0.39 is 0 Å². The van der Waals surface area contributed by atoms with Gasteiger partial charge in [-0.3, -0.25) is 0 Å². The molecule has 5 heteroatoms. The lowest BCUT2D eigenvalue weighted by molar-refractivity contribution is 0.183. The lowest BCUT2D eigenvalue weighted by Crippen LogP contribution is -2.22. The molecule has 19 heavy (non-hydrogen) atoms. The fourth-order valence-corrected chi connectivity index (χ4v) is 2.18. The Bertz CT molecular complexity index is 542. The summed E-state index contributed by atoms with van der Waals surface area (Å²) in [7, 11) is 0. The number of para-hydroxylation sites is 1. The van der Waals surface area contributed by atoms with Crippen LogP contribution in [0, 0.1) is 0 Å². The Hall–Kier alpha value is -1.88. The lowest BCUT2D eigenvalue weighted by Gasteiger charge is -2.04. The van der Waals surface area contributed by atoms with Gasteiger partial charge in [0.25, 0.3) is 5.89 Å². The Balaban J connectivity index is 1.72. The highest BCUT2D eigenvalue weighted by Gasteiger charge is 2.28. The second-order valence-electron chi connectivity index (χ2n) is 4.84. The summed E-state index contributed by atoms with van der Waals surface area (Å²) in [5, 5.41) is 3.97. The molecule has 100 valence electrons. The summed E-state index contributed by atoms with van der Waals surface area (Å²) in [4.78, 5) is 4.38. The maximum atomic E-state index is 5.88. The standard InChI is InChI=1S/C14H17N3O2/c1-2-10(15)8-13-16-14(19-17-13)12-7-9-5-3-4-6-11(9)18-12/h3-6,10,12H,2,7-8,15H2,1H3. The second-order valence-corrected chi connectivity index (χ2v) is 4.84. The molecule has 1 aromatic heterocycles. The van der Waals surface area contributed by atoms with E-state index in [1.54, 1.807) is 0 Å². The lowest BCUT2D eigenvalue weighted by atomic mass is 10.1. The van der Waals surface area contributed by atoms with Gasteiger partial charge in [0.2, 0.25) is 0 Å². The van der Waals surface area contributed by atoms with Gasteiger partial charge in [-0.1, -0.05) is 30.3 Å². The molecule has 5 nitrogen and oxygen atoms in total. The summed E-state index contributed by atoms with van der Waals surface area (Å²) < 4.78 is 11.1. The highest BCUT2D eigenvalue weighted by molar-refractivity contribution is 5.37. The third kappa shape index (κ3) is 2.46. The largest absolute Gasteiger partial charge is 0.480 e. The van der Waals surface area contributed by atoms with Crippen molar-refractivity contribution in [1.82, 2.24) is 10.1 Å². The molecule has 2 unspecified atom stereocenters. The Morgan fingerprint density at radius 1 is 1.42 bits per heavy atom. The first kappa shape index (κ1) is 12.2. The van der Waals surface area contributed by atoms with Crippen LogP contribution in [0.1, 0.15) is 36.7 Å². The van der Waals surface area contributed by atoms with Crippen molar-refractivity contribution in [3.63, 3.8) is 0 Å². The molecule has 0 aliphatic carbocycles. The van der Waals surface area contributed by atoms with E-state index >= 15 is 0 Å². The number of nitrogens with two attached hydrogens (primary N) is 1. The maximum absolute atomic E-state index is 5.88. The smallest absolute Gasteiger partial charge is 0.268 e. The van der Waals surface area contributed by atoms with E-state index in [4.69, 9.17) is 15.0 Å². The predicted octanol–water partition coefficient (Wildman–Crippen LogP) is 2.03. The van der Waals surface area contributed by atoms with E-state index in [1.165, 1.54) is 5.56 Å². The van der Waals surface area contributed by atoms with Crippen LogP contribution in [0.15, 0.2) is 28.8 Å². The van der Waals surface area contributed by atoms with Crippen molar-refractivity contribution in [3.05, 3.63) is 41.5 Å². The second kappa shape index (κ2) is 5.01. The van der Waals surface area contributed by atoms with Gasteiger partial charge in [-0.15, -0.1) is 0 Å². The summed E-state index contributed by atoms with van der Waals surface area (Å²) in [6, 6.07) is 8.05. The fraction of sp³-hybridized carbons (Fsp3) is 0.429. The molecule has 1 aromatic carbocycles. The highest BCUT2D eigenvalue weighted by atomic mass is 16.5. The van der Waals surface area contributed by atoms with Crippen molar-refractivity contribution >= 4 is 0 Å². The topological polar surface area (TPSA) is 74.2 Å². The monoisotopic (exact) mass is 259 g/mol. The van der Waals surface area contributed by atoms with E-state index in [9.17, 15) is 0 Å². The Labute approximate surface area is 111 Å². The minimum atomic E-state index is -0.170. The third-order valence-corrected chi connectivity index (χ3v) is 3.38. The van der Waals surface area contributed by atoms with E-state index in [0.29, 0.717) is 18.1 Å². The van der Waals surface area contributed by atoms with E-state index in [-0.39, 0.29) is 12.1 Å². The number of fused-ring (bicyclic) bond motifs is 1. The van der Waals surface area contributed by atoms with Crippen molar-refractivity contribution in [2.24, 2.45) is 5.73 Å². The predicted molar refractivity (Wildman–Crippen MR) is 69.8 cm³/mol. The normalized spacial score (nSPS) is 18.9. The number of hydrogen-bond donors (Lipinski definition) is 1. The molecule has 3 rings (SSSR count). The molecule has 2 N–H and O–H groups in total. The molecule has 0 saturated carbocycles. The average Bonchev–Trinajstić information content (AvgIpc) is 3.04. The number of aromatic nitrogens is 2. The number of benzene rings is 1. The molecule has 0 fully saturated rings. The number of ether oxygens (including phenoxy) is 1. The van der Waals surface area contributed by atoms with E-state index in [1.807, 2.05) is 25.1 Å². The zero-order valence-electron chi connectivity index (χ0n) is 10.9. The van der Waals surface area contributed by atoms with Crippen LogP contribution in [0.3, 0.4) is 0 Å². The zero-order chi connectivity index (χ0) is 13.2. The van der Waals surface area contributed by atoms with Gasteiger partial charge < -0.3 is 15.0 Å². The van der Waals surface area contributed by atoms with Crippen LogP contribution in [0.25, 0.3) is 0 Å². The van der Waals surface area contributed by atoms with Crippen LogP contribution in [-0.2, 0) is 12.8 Å². The number of rotatable bonds is 4. The molecule has 2 heterocycles. The summed E-state index contributed by atoms with van der Waals surface area (Å²) in [6.07, 6.45) is 2.14. The van der Waals surface area contributed by atoms with Gasteiger partial charge in [-0.05, 0) is 18.1 Å². The van der Waals surface area contributed by atoms with Gasteiger partial charge in [0.15, 0.2) is 11.9 Å². The van der Waals surface area contributed by atoms with Gasteiger partial charge in [0.1, 0.15) is 5.75 Å². The van der Waals surface area contributed by atoms with Crippen molar-refractivity contribution < 1.29 is 9.26 Å². The number of hydrogen-bond acceptors (Lipinski definition) is 5. The van der Waals surface area contributed by atoms with Gasteiger partial charge in [0.05, 0.1) is 0 Å². The Morgan fingerprint density at radius 2 is 2.26 bits per heavy atom. The van der Waals surface area contributed by atoms with Crippen LogP contribution in [0.2, 0.25) is 0 Å². The van der Waals surface area contributed by atoms with Crippen molar-refractivity contribution in [1.29, 1.82) is 0 Å². The van der Waals surface area contributed by atoms with Crippen LogP contribution in [0.4, 0.5) is 0 Å². The SMILES string of the molecule is CCC(N)Cc1noc(C2Cc3ccccc3O2)n1. The molecular formula is C14H17N3O2. The molecule has 0 bridgehead atoms. The first-order valence-electron chi connectivity index (χ1n) is 6.59. The van der Waals surface area contributed by atoms with Crippen LogP contribution in [0.5, 0.6) is 5.75 Å². The first-order chi connectivity index (χ1) is 9.26. The molecule has 0 saturated heterocycles. The highest BCUT2D eigenvalue weighted by Crippen LogP contribution is 2.35. The summed E-state index contributed by atoms with van der Waals surface area (Å²) in [5.74, 6) is 2.09. The summed E-state index contributed by atoms with van der Waals surface area (Å²) in [5.41, 5.74) is 7.06. The molecule has 0 amide bonds. The molecule has 2 aromatic rings. The molecule has 2 atom stereocenters. The summed E-state index contributed by atoms with van der Waals surface area (Å²) in [6.45, 7) is 2.04. The minimum absolute atomic E-state index is 0.0761. The van der Waals surface area contributed by atoms with Gasteiger partial charge in [0, 0.05) is 18.9 Å². The quantitative estimate of drug-likeness (QED) is 0.909. The first-order valence-corrected chi connectivity index (χ1v) is 6.59. The van der Waals surface area contributed by atoms with E-state index in [2.05, 4.69) is 16.2 Å². The molecule has 1 aliphatic heterocycles. The fourth-order valence-electron chi connectivity index (χ4n) is 2.18. The van der Waals surface area contributed by atoms with Crippen LogP contribution < -0.4 is 10.5 Å². The van der Waals surface area contributed by atoms with Gasteiger partial charge >= 0.3 is 0 Å². The van der Waals surface area contributed by atoms with Crippen molar-refractivity contribution in [2.75, 3.05) is 0 Å².